The highest BCUT2D eigenvalue weighted by Gasteiger charge is 2.22. The molecule has 2 rings (SSSR count). The van der Waals surface area contributed by atoms with Crippen LogP contribution < -0.4 is 0 Å². The summed E-state index contributed by atoms with van der Waals surface area (Å²) in [4.78, 5) is 12.7. The molecule has 0 saturated heterocycles. The molecule has 0 atom stereocenters. The van der Waals surface area contributed by atoms with Crippen molar-refractivity contribution < 1.29 is 15.0 Å². The maximum Gasteiger partial charge on any atom is 0.503 e. The number of aryl methyl sites for hydroxylation is 1. The molecule has 1 saturated carbocycles. The third-order valence-corrected chi connectivity index (χ3v) is 1.97. The van der Waals surface area contributed by atoms with Crippen molar-refractivity contribution in [3.05, 3.63) is 29.6 Å². The van der Waals surface area contributed by atoms with Crippen LogP contribution in [0.3, 0.4) is 0 Å². The third kappa shape index (κ3) is 3.89. The molecule has 76 valence electrons. The molecule has 0 amide bonds. The number of pyridine rings is 1. The van der Waals surface area contributed by atoms with E-state index in [2.05, 4.69) is 17.1 Å². The summed E-state index contributed by atoms with van der Waals surface area (Å²) in [6.45, 7) is 2.05. The Morgan fingerprint density at radius 2 is 2.07 bits per heavy atom. The minimum Gasteiger partial charge on any atom is -0.450 e. The average Bonchev–Trinajstić information content (AvgIpc) is 2.84. The summed E-state index contributed by atoms with van der Waals surface area (Å²) < 4.78 is 0. The fourth-order valence-electron chi connectivity index (χ4n) is 1.24. The Hall–Kier alpha value is -1.58. The Morgan fingerprint density at radius 1 is 1.50 bits per heavy atom. The lowest BCUT2D eigenvalue weighted by atomic mass is 10.1. The van der Waals surface area contributed by atoms with Crippen molar-refractivity contribution in [2.24, 2.45) is 0 Å². The van der Waals surface area contributed by atoms with Crippen molar-refractivity contribution >= 4 is 6.16 Å². The monoisotopic (exact) mass is 195 g/mol. The van der Waals surface area contributed by atoms with Crippen LogP contribution in [0.15, 0.2) is 18.3 Å². The van der Waals surface area contributed by atoms with Crippen LogP contribution in [0, 0.1) is 6.92 Å². The van der Waals surface area contributed by atoms with Gasteiger partial charge in [-0.25, -0.2) is 4.79 Å². The molecular weight excluding hydrogens is 182 g/mol. The summed E-state index contributed by atoms with van der Waals surface area (Å²) in [6.07, 6.45) is 2.83. The van der Waals surface area contributed by atoms with E-state index in [4.69, 9.17) is 15.0 Å². The first-order chi connectivity index (χ1) is 6.59. The van der Waals surface area contributed by atoms with Gasteiger partial charge in [0.25, 0.3) is 0 Å². The predicted octanol–water partition coefficient (Wildman–Crippen LogP) is 2.49. The first-order valence-corrected chi connectivity index (χ1v) is 4.44. The summed E-state index contributed by atoms with van der Waals surface area (Å²) in [7, 11) is 0. The van der Waals surface area contributed by atoms with E-state index in [0.717, 1.165) is 11.6 Å². The number of hydrogen-bond donors (Lipinski definition) is 2. The van der Waals surface area contributed by atoms with Crippen molar-refractivity contribution in [2.75, 3.05) is 0 Å². The van der Waals surface area contributed by atoms with Gasteiger partial charge in [0.05, 0.1) is 0 Å². The Bertz CT molecular complexity index is 317. The molecule has 1 aromatic rings. The standard InChI is InChI=1S/C9H11N.CH2O3/c1-7-6-9(4-5-10-7)8-2-3-8;2-1(3)4/h4-6,8H,2-3H2,1H3;(H2,2,3,4). The Balaban J connectivity index is 0.000000213. The van der Waals surface area contributed by atoms with E-state index in [9.17, 15) is 0 Å². The molecular formula is C10H13NO3. The van der Waals surface area contributed by atoms with E-state index in [1.54, 1.807) is 0 Å². The van der Waals surface area contributed by atoms with Gasteiger partial charge in [0.15, 0.2) is 0 Å². The topological polar surface area (TPSA) is 70.4 Å². The van der Waals surface area contributed by atoms with Crippen LogP contribution in [0.4, 0.5) is 4.79 Å². The fraction of sp³-hybridized carbons (Fsp3) is 0.400. The lowest BCUT2D eigenvalue weighted by Crippen LogP contribution is -1.83. The second-order valence-electron chi connectivity index (χ2n) is 3.29. The molecule has 0 spiro atoms. The minimum absolute atomic E-state index is 0.863. The lowest BCUT2D eigenvalue weighted by Gasteiger charge is -1.96. The molecule has 4 heteroatoms. The quantitative estimate of drug-likeness (QED) is 0.722. The molecule has 1 aliphatic rings. The molecule has 0 aromatic carbocycles. The van der Waals surface area contributed by atoms with Crippen LogP contribution in [-0.2, 0) is 0 Å². The maximum absolute atomic E-state index is 8.56. The Morgan fingerprint density at radius 3 is 2.50 bits per heavy atom. The van der Waals surface area contributed by atoms with Crippen molar-refractivity contribution in [1.29, 1.82) is 0 Å². The molecule has 1 fully saturated rings. The van der Waals surface area contributed by atoms with Gasteiger partial charge in [0.2, 0.25) is 0 Å². The summed E-state index contributed by atoms with van der Waals surface area (Å²) in [5.74, 6) is 0.863. The molecule has 1 aliphatic carbocycles. The maximum atomic E-state index is 8.56. The molecule has 14 heavy (non-hydrogen) atoms. The van der Waals surface area contributed by atoms with Crippen molar-refractivity contribution in [2.45, 2.75) is 25.7 Å². The Labute approximate surface area is 82.2 Å². The normalized spacial score (nSPS) is 14.1. The first kappa shape index (κ1) is 10.5. The zero-order valence-electron chi connectivity index (χ0n) is 7.97. The number of hydrogen-bond acceptors (Lipinski definition) is 2. The smallest absolute Gasteiger partial charge is 0.450 e. The zero-order valence-corrected chi connectivity index (χ0v) is 7.97. The molecule has 0 aliphatic heterocycles. The Kier molecular flexibility index (Phi) is 3.45. The zero-order chi connectivity index (χ0) is 10.6. The molecule has 2 N–H and O–H groups in total. The highest BCUT2D eigenvalue weighted by molar-refractivity contribution is 5.53. The highest BCUT2D eigenvalue weighted by Crippen LogP contribution is 2.39. The van der Waals surface area contributed by atoms with E-state index < -0.39 is 6.16 Å². The van der Waals surface area contributed by atoms with E-state index in [0.29, 0.717) is 0 Å². The van der Waals surface area contributed by atoms with Crippen LogP contribution in [0.5, 0.6) is 0 Å². The predicted molar refractivity (Wildman–Crippen MR) is 51.6 cm³/mol. The van der Waals surface area contributed by atoms with E-state index in [1.807, 2.05) is 13.1 Å². The second kappa shape index (κ2) is 4.60. The van der Waals surface area contributed by atoms with Crippen LogP contribution >= 0.6 is 0 Å². The molecule has 0 bridgehead atoms. The molecule has 1 heterocycles. The number of rotatable bonds is 1. The largest absolute Gasteiger partial charge is 0.503 e. The van der Waals surface area contributed by atoms with E-state index >= 15 is 0 Å². The van der Waals surface area contributed by atoms with E-state index in [-0.39, 0.29) is 0 Å². The van der Waals surface area contributed by atoms with Gasteiger partial charge in [-0.3, -0.25) is 4.98 Å². The van der Waals surface area contributed by atoms with Gasteiger partial charge in [0.1, 0.15) is 0 Å². The van der Waals surface area contributed by atoms with Gasteiger partial charge < -0.3 is 10.2 Å². The van der Waals surface area contributed by atoms with Crippen LogP contribution in [0.2, 0.25) is 0 Å². The van der Waals surface area contributed by atoms with Crippen LogP contribution in [0.1, 0.15) is 30.0 Å². The molecule has 0 unspecified atom stereocenters. The second-order valence-corrected chi connectivity index (χ2v) is 3.29. The van der Waals surface area contributed by atoms with Crippen molar-refractivity contribution in [3.8, 4) is 0 Å². The van der Waals surface area contributed by atoms with Gasteiger partial charge in [-0.15, -0.1) is 0 Å². The van der Waals surface area contributed by atoms with E-state index in [1.165, 1.54) is 18.4 Å². The summed E-state index contributed by atoms with van der Waals surface area (Å²) >= 11 is 0. The highest BCUT2D eigenvalue weighted by atomic mass is 16.6. The number of nitrogens with zero attached hydrogens (tertiary/aromatic N) is 1. The summed E-state index contributed by atoms with van der Waals surface area (Å²) in [6, 6.07) is 4.32. The minimum atomic E-state index is -1.83. The number of carboxylic acid groups (broad SMARTS) is 2. The fourth-order valence-corrected chi connectivity index (χ4v) is 1.24. The summed E-state index contributed by atoms with van der Waals surface area (Å²) in [5, 5.41) is 13.9. The van der Waals surface area contributed by atoms with Gasteiger partial charge in [-0.05, 0) is 43.4 Å². The van der Waals surface area contributed by atoms with Gasteiger partial charge in [-0.1, -0.05) is 0 Å². The van der Waals surface area contributed by atoms with Gasteiger partial charge in [0, 0.05) is 11.9 Å². The van der Waals surface area contributed by atoms with Crippen LogP contribution in [0.25, 0.3) is 0 Å². The number of aromatic nitrogens is 1. The summed E-state index contributed by atoms with van der Waals surface area (Å²) in [5.41, 5.74) is 2.62. The lowest BCUT2D eigenvalue weighted by molar-refractivity contribution is 0.137. The average molecular weight is 195 g/mol. The van der Waals surface area contributed by atoms with Crippen molar-refractivity contribution in [1.82, 2.24) is 4.98 Å². The molecule has 1 aromatic heterocycles. The van der Waals surface area contributed by atoms with Crippen molar-refractivity contribution in [3.63, 3.8) is 0 Å². The third-order valence-electron chi connectivity index (χ3n) is 1.97. The first-order valence-electron chi connectivity index (χ1n) is 4.44. The molecule has 0 radical (unpaired) electrons. The van der Waals surface area contributed by atoms with Gasteiger partial charge >= 0.3 is 6.16 Å². The van der Waals surface area contributed by atoms with Gasteiger partial charge in [-0.2, -0.15) is 0 Å². The van der Waals surface area contributed by atoms with Crippen LogP contribution in [-0.4, -0.2) is 21.4 Å². The SMILES string of the molecule is Cc1cc(C2CC2)ccn1.O=C(O)O. The molecule has 4 nitrogen and oxygen atoms in total. The number of carbonyl (C=O) groups is 1.